The van der Waals surface area contributed by atoms with Gasteiger partial charge in [-0.3, -0.25) is 14.4 Å². The van der Waals surface area contributed by atoms with E-state index in [0.717, 1.165) is 0 Å². The first-order chi connectivity index (χ1) is 5.49. The smallest absolute Gasteiger partial charge is 0.228 e. The molecule has 68 valence electrons. The average molecular weight is 237 g/mol. The Bertz CT molecular complexity index is 217. The summed E-state index contributed by atoms with van der Waals surface area (Å²) in [5.74, 6) is -3.06. The minimum Gasteiger partial charge on any atom is -0.370 e. The summed E-state index contributed by atoms with van der Waals surface area (Å²) in [4.78, 5) is 31.9. The van der Waals surface area contributed by atoms with Crippen LogP contribution in [0.25, 0.3) is 0 Å². The second kappa shape index (κ2) is 4.87. The summed E-state index contributed by atoms with van der Waals surface area (Å²) in [6.45, 7) is 0. The van der Waals surface area contributed by atoms with Crippen LogP contribution in [0, 0.1) is 5.92 Å². The molecule has 2 amide bonds. The van der Waals surface area contributed by atoms with Crippen molar-refractivity contribution in [3.05, 3.63) is 0 Å². The highest BCUT2D eigenvalue weighted by Crippen LogP contribution is 2.05. The molecule has 12 heavy (non-hydrogen) atoms. The van der Waals surface area contributed by atoms with Crippen LogP contribution in [-0.4, -0.2) is 22.9 Å². The van der Waals surface area contributed by atoms with Crippen LogP contribution in [-0.2, 0) is 14.4 Å². The van der Waals surface area contributed by atoms with Crippen molar-refractivity contribution in [2.45, 2.75) is 6.42 Å². The Kier molecular flexibility index (Phi) is 4.50. The maximum atomic E-state index is 10.9. The van der Waals surface area contributed by atoms with Gasteiger partial charge in [0, 0.05) is 6.42 Å². The van der Waals surface area contributed by atoms with Crippen LogP contribution in [0.1, 0.15) is 6.42 Å². The first-order valence-electron chi connectivity index (χ1n) is 3.15. The lowest BCUT2D eigenvalue weighted by Crippen LogP contribution is -2.34. The maximum Gasteiger partial charge on any atom is 0.228 e. The summed E-state index contributed by atoms with van der Waals surface area (Å²) >= 11 is 2.86. The Balaban J connectivity index is 4.33. The number of rotatable bonds is 5. The minimum absolute atomic E-state index is 0.00606. The van der Waals surface area contributed by atoms with E-state index in [-0.39, 0.29) is 11.8 Å². The molecule has 0 heterocycles. The van der Waals surface area contributed by atoms with Crippen LogP contribution >= 0.6 is 15.9 Å². The lowest BCUT2D eigenvalue weighted by atomic mass is 10.0. The Labute approximate surface area is 77.6 Å². The molecule has 4 N–H and O–H groups in total. The summed E-state index contributed by atoms with van der Waals surface area (Å²) in [6.07, 6.45) is -0.320. The van der Waals surface area contributed by atoms with Gasteiger partial charge in [0.15, 0.2) is 5.78 Å². The summed E-state index contributed by atoms with van der Waals surface area (Å²) in [6, 6.07) is 0. The van der Waals surface area contributed by atoms with Crippen LogP contribution in [0.2, 0.25) is 0 Å². The topological polar surface area (TPSA) is 103 Å². The van der Waals surface area contributed by atoms with Crippen LogP contribution in [0.4, 0.5) is 0 Å². The van der Waals surface area contributed by atoms with Gasteiger partial charge in [-0.15, -0.1) is 0 Å². The second-order valence-electron chi connectivity index (χ2n) is 2.23. The molecule has 0 saturated heterocycles. The molecule has 5 nitrogen and oxygen atoms in total. The zero-order valence-corrected chi connectivity index (χ0v) is 7.83. The van der Waals surface area contributed by atoms with Crippen LogP contribution in [0.3, 0.4) is 0 Å². The summed E-state index contributed by atoms with van der Waals surface area (Å²) in [5, 5.41) is -0.00606. The van der Waals surface area contributed by atoms with Crippen LogP contribution < -0.4 is 11.5 Å². The molecular formula is C6H9BrN2O3. The number of primary amides is 2. The van der Waals surface area contributed by atoms with E-state index in [4.69, 9.17) is 11.5 Å². The zero-order valence-electron chi connectivity index (χ0n) is 6.25. The van der Waals surface area contributed by atoms with Gasteiger partial charge in [0.1, 0.15) is 5.92 Å². The van der Waals surface area contributed by atoms with Gasteiger partial charge in [-0.2, -0.15) is 0 Å². The quantitative estimate of drug-likeness (QED) is 0.469. The average Bonchev–Trinajstić information content (AvgIpc) is 1.98. The van der Waals surface area contributed by atoms with Crippen LogP contribution in [0.5, 0.6) is 0 Å². The number of halogens is 1. The highest BCUT2D eigenvalue weighted by atomic mass is 79.9. The molecular weight excluding hydrogens is 228 g/mol. The number of hydrogen-bond donors (Lipinski definition) is 2. The standard InChI is InChI=1S/C6H9BrN2O3/c7-2-4(10)3(6(9)12)1-5(8)11/h3H,1-2H2,(H2,8,11)(H2,9,12). The predicted octanol–water partition coefficient (Wildman–Crippen LogP) is -1.07. The van der Waals surface area contributed by atoms with Crippen molar-refractivity contribution >= 4 is 33.5 Å². The molecule has 0 aromatic heterocycles. The molecule has 0 aliphatic rings. The number of hydrogen-bond acceptors (Lipinski definition) is 3. The predicted molar refractivity (Wildman–Crippen MR) is 45.3 cm³/mol. The molecule has 6 heteroatoms. The molecule has 0 aliphatic heterocycles. The lowest BCUT2D eigenvalue weighted by Gasteiger charge is -2.06. The molecule has 0 radical (unpaired) electrons. The Hall–Kier alpha value is -0.910. The number of amides is 2. The van der Waals surface area contributed by atoms with E-state index in [1.165, 1.54) is 0 Å². The van der Waals surface area contributed by atoms with E-state index >= 15 is 0 Å². The molecule has 0 aliphatic carbocycles. The summed E-state index contributed by atoms with van der Waals surface area (Å²) < 4.78 is 0. The van der Waals surface area contributed by atoms with Gasteiger partial charge in [-0.1, -0.05) is 15.9 Å². The van der Waals surface area contributed by atoms with E-state index in [1.54, 1.807) is 0 Å². The third-order valence-electron chi connectivity index (χ3n) is 1.27. The molecule has 1 atom stereocenters. The molecule has 0 aromatic carbocycles. The molecule has 0 bridgehead atoms. The van der Waals surface area contributed by atoms with Crippen LogP contribution in [0.15, 0.2) is 0 Å². The van der Waals surface area contributed by atoms with Crippen molar-refractivity contribution in [1.82, 2.24) is 0 Å². The summed E-state index contributed by atoms with van der Waals surface area (Å²) in [5.41, 5.74) is 9.68. The monoisotopic (exact) mass is 236 g/mol. The number of alkyl halides is 1. The first-order valence-corrected chi connectivity index (χ1v) is 4.27. The van der Waals surface area contributed by atoms with Crippen molar-refractivity contribution in [1.29, 1.82) is 0 Å². The molecule has 0 rings (SSSR count). The second-order valence-corrected chi connectivity index (χ2v) is 2.79. The maximum absolute atomic E-state index is 10.9. The number of Topliss-reactive ketones (excluding diaryl/α,β-unsaturated/α-hetero) is 1. The number of carbonyl (C=O) groups is 3. The van der Waals surface area contributed by atoms with Gasteiger partial charge in [-0.05, 0) is 0 Å². The van der Waals surface area contributed by atoms with Gasteiger partial charge >= 0.3 is 0 Å². The Morgan fingerprint density at radius 1 is 1.25 bits per heavy atom. The van der Waals surface area contributed by atoms with Crippen molar-refractivity contribution in [2.75, 3.05) is 5.33 Å². The van der Waals surface area contributed by atoms with Gasteiger partial charge in [-0.25, -0.2) is 0 Å². The fraction of sp³-hybridized carbons (Fsp3) is 0.500. The van der Waals surface area contributed by atoms with Gasteiger partial charge in [0.05, 0.1) is 5.33 Å². The molecule has 0 saturated carbocycles. The Morgan fingerprint density at radius 3 is 2.00 bits per heavy atom. The van der Waals surface area contributed by atoms with E-state index < -0.39 is 23.5 Å². The van der Waals surface area contributed by atoms with Gasteiger partial charge < -0.3 is 11.5 Å². The SMILES string of the molecule is NC(=O)CC(C(N)=O)C(=O)CBr. The summed E-state index contributed by atoms with van der Waals surface area (Å²) in [7, 11) is 0. The molecule has 1 unspecified atom stereocenters. The number of carbonyl (C=O) groups excluding carboxylic acids is 3. The van der Waals surface area contributed by atoms with Crippen molar-refractivity contribution in [3.63, 3.8) is 0 Å². The van der Waals surface area contributed by atoms with E-state index in [0.29, 0.717) is 0 Å². The van der Waals surface area contributed by atoms with Gasteiger partial charge in [0.2, 0.25) is 11.8 Å². The van der Waals surface area contributed by atoms with Gasteiger partial charge in [0.25, 0.3) is 0 Å². The Morgan fingerprint density at radius 2 is 1.75 bits per heavy atom. The number of ketones is 1. The highest BCUT2D eigenvalue weighted by Gasteiger charge is 2.24. The largest absolute Gasteiger partial charge is 0.370 e. The lowest BCUT2D eigenvalue weighted by molar-refractivity contribution is -0.134. The highest BCUT2D eigenvalue weighted by molar-refractivity contribution is 9.09. The van der Waals surface area contributed by atoms with E-state index in [2.05, 4.69) is 15.9 Å². The van der Waals surface area contributed by atoms with E-state index in [9.17, 15) is 14.4 Å². The van der Waals surface area contributed by atoms with E-state index in [1.807, 2.05) is 0 Å². The zero-order chi connectivity index (χ0) is 9.72. The van der Waals surface area contributed by atoms with Crippen molar-refractivity contribution < 1.29 is 14.4 Å². The molecule has 0 aromatic rings. The minimum atomic E-state index is -1.10. The fourth-order valence-electron chi connectivity index (χ4n) is 0.667. The third kappa shape index (κ3) is 3.47. The fourth-order valence-corrected chi connectivity index (χ4v) is 1.06. The molecule has 0 spiro atoms. The van der Waals surface area contributed by atoms with Crippen molar-refractivity contribution in [2.24, 2.45) is 17.4 Å². The third-order valence-corrected chi connectivity index (χ3v) is 1.82. The first kappa shape index (κ1) is 11.1. The number of nitrogens with two attached hydrogens (primary N) is 2. The molecule has 0 fully saturated rings. The van der Waals surface area contributed by atoms with Crippen molar-refractivity contribution in [3.8, 4) is 0 Å². The normalized spacial score (nSPS) is 12.1.